The van der Waals surface area contributed by atoms with E-state index in [2.05, 4.69) is 23.3 Å². The van der Waals surface area contributed by atoms with Gasteiger partial charge < -0.3 is 10.1 Å². The molecule has 0 spiro atoms. The van der Waals surface area contributed by atoms with Crippen molar-refractivity contribution in [1.29, 1.82) is 5.26 Å². The van der Waals surface area contributed by atoms with Gasteiger partial charge in [-0.3, -0.25) is 4.79 Å². The number of benzene rings is 1. The summed E-state index contributed by atoms with van der Waals surface area (Å²) in [6, 6.07) is 9.93. The Morgan fingerprint density at radius 3 is 2.93 bits per heavy atom. The van der Waals surface area contributed by atoms with E-state index in [1.54, 1.807) is 0 Å². The fourth-order valence-electron chi connectivity index (χ4n) is 3.49. The van der Waals surface area contributed by atoms with E-state index in [-0.39, 0.29) is 17.7 Å². The van der Waals surface area contributed by atoms with Gasteiger partial charge in [-0.25, -0.2) is 4.98 Å². The number of ether oxygens (including phenoxy) is 1. The third kappa shape index (κ3) is 4.92. The van der Waals surface area contributed by atoms with Crippen LogP contribution in [0.15, 0.2) is 29.3 Å². The van der Waals surface area contributed by atoms with Crippen molar-refractivity contribution in [3.8, 4) is 11.8 Å². The van der Waals surface area contributed by atoms with Crippen molar-refractivity contribution in [3.63, 3.8) is 0 Å². The second-order valence-electron chi connectivity index (χ2n) is 6.96. The topological polar surface area (TPSA) is 75.0 Å². The zero-order valence-electron chi connectivity index (χ0n) is 15.8. The quantitative estimate of drug-likeness (QED) is 0.753. The standard InChI is InChI=1S/C21H25N3O2S/c1-3-26-17-9-8-15-10-16(12-22)21(24-19(15)11-17)27-13-20(25)23-18-7-5-4-6-14(18)2/h8-11,14,18H,3-7,13H2,1-2H3,(H,23,25). The second-order valence-corrected chi connectivity index (χ2v) is 7.93. The molecule has 1 amide bonds. The van der Waals surface area contributed by atoms with E-state index in [0.29, 0.717) is 23.1 Å². The second kappa shape index (κ2) is 9.09. The Labute approximate surface area is 164 Å². The van der Waals surface area contributed by atoms with Gasteiger partial charge in [-0.2, -0.15) is 5.26 Å². The maximum Gasteiger partial charge on any atom is 0.230 e. The minimum atomic E-state index is 0.00704. The molecule has 1 aromatic carbocycles. The van der Waals surface area contributed by atoms with Crippen LogP contribution in [0.2, 0.25) is 0 Å². The molecule has 2 unspecified atom stereocenters. The average Bonchev–Trinajstić information content (AvgIpc) is 2.67. The van der Waals surface area contributed by atoms with Crippen LogP contribution in [0.4, 0.5) is 0 Å². The molecule has 0 aliphatic heterocycles. The molecule has 6 heteroatoms. The van der Waals surface area contributed by atoms with Crippen molar-refractivity contribution in [1.82, 2.24) is 10.3 Å². The Balaban J connectivity index is 1.71. The molecule has 2 atom stereocenters. The number of nitriles is 1. The van der Waals surface area contributed by atoms with Gasteiger partial charge in [0.05, 0.1) is 23.4 Å². The number of hydrogen-bond acceptors (Lipinski definition) is 5. The van der Waals surface area contributed by atoms with Gasteiger partial charge in [0.15, 0.2) is 0 Å². The molecule has 0 radical (unpaired) electrons. The highest BCUT2D eigenvalue weighted by Crippen LogP contribution is 2.28. The van der Waals surface area contributed by atoms with Crippen LogP contribution in [0.1, 0.15) is 45.1 Å². The van der Waals surface area contributed by atoms with Crippen LogP contribution in [-0.4, -0.2) is 29.3 Å². The van der Waals surface area contributed by atoms with Crippen molar-refractivity contribution in [2.45, 2.75) is 50.6 Å². The summed E-state index contributed by atoms with van der Waals surface area (Å²) in [5.74, 6) is 1.55. The molecule has 0 bridgehead atoms. The summed E-state index contributed by atoms with van der Waals surface area (Å²) in [7, 11) is 0. The molecule has 1 saturated carbocycles. The minimum Gasteiger partial charge on any atom is -0.494 e. The molecule has 27 heavy (non-hydrogen) atoms. The SMILES string of the molecule is CCOc1ccc2cc(C#N)c(SCC(=O)NC3CCCCC3C)nc2c1. The predicted molar refractivity (Wildman–Crippen MR) is 108 cm³/mol. The Kier molecular flexibility index (Phi) is 6.57. The number of thioether (sulfide) groups is 1. The molecule has 5 nitrogen and oxygen atoms in total. The number of nitrogens with zero attached hydrogens (tertiary/aromatic N) is 2. The summed E-state index contributed by atoms with van der Waals surface area (Å²) in [5.41, 5.74) is 1.26. The van der Waals surface area contributed by atoms with Gasteiger partial charge in [0.25, 0.3) is 0 Å². The van der Waals surface area contributed by atoms with Crippen LogP contribution >= 0.6 is 11.8 Å². The molecular formula is C21H25N3O2S. The molecule has 1 aliphatic carbocycles. The fourth-order valence-corrected chi connectivity index (χ4v) is 4.26. The molecule has 1 fully saturated rings. The number of rotatable bonds is 6. The summed E-state index contributed by atoms with van der Waals surface area (Å²) < 4.78 is 5.53. The number of hydrogen-bond donors (Lipinski definition) is 1. The van der Waals surface area contributed by atoms with Crippen molar-refractivity contribution in [2.75, 3.05) is 12.4 Å². The van der Waals surface area contributed by atoms with E-state index in [4.69, 9.17) is 4.74 Å². The molecule has 0 saturated heterocycles. The normalized spacial score (nSPS) is 19.4. The van der Waals surface area contributed by atoms with Crippen molar-refractivity contribution in [3.05, 3.63) is 29.8 Å². The number of carbonyl (C=O) groups is 1. The first-order valence-corrected chi connectivity index (χ1v) is 10.5. The smallest absolute Gasteiger partial charge is 0.230 e. The Hall–Kier alpha value is -2.26. The van der Waals surface area contributed by atoms with Crippen LogP contribution in [0, 0.1) is 17.2 Å². The van der Waals surface area contributed by atoms with Gasteiger partial charge in [0.1, 0.15) is 16.8 Å². The first-order valence-electron chi connectivity index (χ1n) is 9.50. The number of carbonyl (C=O) groups excluding carboxylic acids is 1. The molecule has 1 heterocycles. The lowest BCUT2D eigenvalue weighted by atomic mass is 9.86. The highest BCUT2D eigenvalue weighted by atomic mass is 32.2. The molecule has 1 aromatic heterocycles. The maximum absolute atomic E-state index is 12.4. The summed E-state index contributed by atoms with van der Waals surface area (Å²) in [5, 5.41) is 14.1. The maximum atomic E-state index is 12.4. The van der Waals surface area contributed by atoms with Crippen LogP contribution in [0.3, 0.4) is 0 Å². The van der Waals surface area contributed by atoms with Gasteiger partial charge in [-0.15, -0.1) is 0 Å². The van der Waals surface area contributed by atoms with E-state index >= 15 is 0 Å². The first-order chi connectivity index (χ1) is 13.1. The number of fused-ring (bicyclic) bond motifs is 1. The number of pyridine rings is 1. The third-order valence-corrected chi connectivity index (χ3v) is 5.97. The third-order valence-electron chi connectivity index (χ3n) is 4.98. The van der Waals surface area contributed by atoms with Crippen LogP contribution < -0.4 is 10.1 Å². The van der Waals surface area contributed by atoms with Gasteiger partial charge in [0.2, 0.25) is 5.91 Å². The Morgan fingerprint density at radius 1 is 1.37 bits per heavy atom. The zero-order valence-corrected chi connectivity index (χ0v) is 16.6. The lowest BCUT2D eigenvalue weighted by molar-refractivity contribution is -0.119. The number of nitrogens with one attached hydrogen (secondary N) is 1. The first kappa shape index (κ1) is 19.5. The fraction of sp³-hybridized carbons (Fsp3) is 0.476. The molecule has 2 aromatic rings. The Morgan fingerprint density at radius 2 is 2.19 bits per heavy atom. The summed E-state index contributed by atoms with van der Waals surface area (Å²) in [6.45, 7) is 4.72. The molecule has 142 valence electrons. The van der Waals surface area contributed by atoms with Crippen LogP contribution in [0.25, 0.3) is 10.9 Å². The van der Waals surface area contributed by atoms with E-state index in [0.717, 1.165) is 23.1 Å². The number of aromatic nitrogens is 1. The highest BCUT2D eigenvalue weighted by Gasteiger charge is 2.23. The Bertz CT molecular complexity index is 862. The van der Waals surface area contributed by atoms with Crippen molar-refractivity contribution < 1.29 is 9.53 Å². The predicted octanol–water partition coefficient (Wildman–Crippen LogP) is 4.29. The van der Waals surface area contributed by atoms with E-state index < -0.39 is 0 Å². The summed E-state index contributed by atoms with van der Waals surface area (Å²) in [6.07, 6.45) is 4.65. The van der Waals surface area contributed by atoms with E-state index in [9.17, 15) is 10.1 Å². The van der Waals surface area contributed by atoms with Gasteiger partial charge in [0, 0.05) is 17.5 Å². The van der Waals surface area contributed by atoms with Gasteiger partial charge in [-0.1, -0.05) is 31.5 Å². The van der Waals surface area contributed by atoms with E-state index in [1.165, 1.54) is 31.0 Å². The van der Waals surface area contributed by atoms with Crippen LogP contribution in [-0.2, 0) is 4.79 Å². The molecular weight excluding hydrogens is 358 g/mol. The highest BCUT2D eigenvalue weighted by molar-refractivity contribution is 8.00. The lowest BCUT2D eigenvalue weighted by Crippen LogP contribution is -2.41. The molecule has 1 aliphatic rings. The van der Waals surface area contributed by atoms with Crippen LogP contribution in [0.5, 0.6) is 5.75 Å². The monoisotopic (exact) mass is 383 g/mol. The minimum absolute atomic E-state index is 0.00704. The van der Waals surface area contributed by atoms with Crippen molar-refractivity contribution >= 4 is 28.6 Å². The van der Waals surface area contributed by atoms with E-state index in [1.807, 2.05) is 31.2 Å². The number of amides is 1. The van der Waals surface area contributed by atoms with Crippen molar-refractivity contribution in [2.24, 2.45) is 5.92 Å². The van der Waals surface area contributed by atoms with Gasteiger partial charge >= 0.3 is 0 Å². The molecule has 1 N–H and O–H groups in total. The summed E-state index contributed by atoms with van der Waals surface area (Å²) >= 11 is 1.32. The molecule has 3 rings (SSSR count). The largest absolute Gasteiger partial charge is 0.494 e. The average molecular weight is 384 g/mol. The zero-order chi connectivity index (χ0) is 19.2. The lowest BCUT2D eigenvalue weighted by Gasteiger charge is -2.29. The van der Waals surface area contributed by atoms with Gasteiger partial charge in [-0.05, 0) is 43.9 Å². The summed E-state index contributed by atoms with van der Waals surface area (Å²) in [4.78, 5) is 17.0.